The predicted octanol–water partition coefficient (Wildman–Crippen LogP) is 11.3. The lowest BCUT2D eigenvalue weighted by molar-refractivity contribution is 1.02. The zero-order chi connectivity index (χ0) is 19.9. The average Bonchev–Trinajstić information content (AvgIpc) is 2.45. The van der Waals surface area contributed by atoms with Gasteiger partial charge in [-0.1, -0.05) is 58.2 Å². The van der Waals surface area contributed by atoms with E-state index in [-0.39, 0.29) is 43.2 Å². The molecule has 0 spiro atoms. The van der Waals surface area contributed by atoms with Gasteiger partial charge >= 0.3 is 0 Å². The smallest absolute Gasteiger partial charge is 0.0212 e. The fourth-order valence-electron chi connectivity index (χ4n) is 1.17. The Morgan fingerprint density at radius 3 is 1.21 bits per heavy atom. The molecule has 0 radical (unpaired) electrons. The van der Waals surface area contributed by atoms with Gasteiger partial charge in [0.1, 0.15) is 0 Å². The van der Waals surface area contributed by atoms with Crippen LogP contribution in [0.5, 0.6) is 0 Å². The monoisotopic (exact) mass is 664 g/mol. The summed E-state index contributed by atoms with van der Waals surface area (Å²) >= 11 is 0. The zero-order valence-corrected chi connectivity index (χ0v) is 33.4. The molecule has 148 valence electrons. The largest absolute Gasteiger partial charge is 0.110 e. The van der Waals surface area contributed by atoms with Crippen molar-refractivity contribution in [3.63, 3.8) is 0 Å². The highest BCUT2D eigenvalue weighted by atomic mass is 32.9. The van der Waals surface area contributed by atoms with Crippen LogP contribution in [0.2, 0.25) is 0 Å². The van der Waals surface area contributed by atoms with Gasteiger partial charge in [-0.05, 0) is 28.6 Å². The predicted molar refractivity (Wildman–Crippen MR) is 183 cm³/mol. The van der Waals surface area contributed by atoms with Gasteiger partial charge in [0, 0.05) is 9.79 Å². The van der Waals surface area contributed by atoms with Crippen molar-refractivity contribution in [1.29, 1.82) is 0 Å². The number of hydrogen-bond donors (Lipinski definition) is 0. The molecule has 0 aromatic rings. The van der Waals surface area contributed by atoms with Crippen molar-refractivity contribution in [2.24, 2.45) is 0 Å². The van der Waals surface area contributed by atoms with Crippen LogP contribution in [0, 0.1) is 0 Å². The molecule has 0 heterocycles. The summed E-state index contributed by atoms with van der Waals surface area (Å²) in [7, 11) is 32.3. The molecule has 0 aliphatic heterocycles. The summed E-state index contributed by atoms with van der Waals surface area (Å²) in [5.41, 5.74) is 0. The SMILES string of the molecule is CC(C)(P(P)P(P)P)P(PP)P(P)P.CC(C)(P(P)P)P(P)PP. The molecule has 0 aromatic heterocycles. The van der Waals surface area contributed by atoms with E-state index in [0.29, 0.717) is 9.79 Å². The summed E-state index contributed by atoms with van der Waals surface area (Å²) in [4.78, 5) is 1.05. The van der Waals surface area contributed by atoms with Crippen LogP contribution in [-0.2, 0) is 0 Å². The first kappa shape index (κ1) is 33.9. The van der Waals surface area contributed by atoms with Crippen LogP contribution in [0.1, 0.15) is 27.7 Å². The van der Waals surface area contributed by atoms with Crippen molar-refractivity contribution in [3.05, 3.63) is 0 Å². The third kappa shape index (κ3) is 12.8. The molecule has 0 aliphatic carbocycles. The van der Waals surface area contributed by atoms with E-state index in [2.05, 4.69) is 117 Å². The Morgan fingerprint density at radius 1 is 0.625 bits per heavy atom. The summed E-state index contributed by atoms with van der Waals surface area (Å²) in [5.74, 6) is 0. The van der Waals surface area contributed by atoms with E-state index < -0.39 is 0 Å². The van der Waals surface area contributed by atoms with Gasteiger partial charge in [-0.15, -0.1) is 89.3 Å². The van der Waals surface area contributed by atoms with Crippen LogP contribution < -0.4 is 0 Å². The lowest BCUT2D eigenvalue weighted by Crippen LogP contribution is -2.06. The Balaban J connectivity index is 0. The van der Waals surface area contributed by atoms with E-state index in [1.807, 2.05) is 0 Å². The van der Waals surface area contributed by atoms with Crippen LogP contribution in [0.4, 0.5) is 0 Å². The summed E-state index contributed by atoms with van der Waals surface area (Å²) in [6.07, 6.45) is 0. The Kier molecular flexibility index (Phi) is 24.3. The minimum absolute atomic E-state index is 0.0460. The van der Waals surface area contributed by atoms with Crippen LogP contribution in [0.15, 0.2) is 0 Å². The van der Waals surface area contributed by atoms with Crippen molar-refractivity contribution in [2.45, 2.75) is 37.5 Å². The van der Waals surface area contributed by atoms with E-state index in [0.717, 1.165) is 15.9 Å². The number of rotatable bonds is 8. The van der Waals surface area contributed by atoms with Crippen molar-refractivity contribution < 1.29 is 0 Å². The van der Waals surface area contributed by atoms with E-state index in [1.165, 1.54) is 0 Å². The van der Waals surface area contributed by atoms with Crippen LogP contribution >= 0.6 is 148 Å². The van der Waals surface area contributed by atoms with Crippen molar-refractivity contribution in [2.75, 3.05) is 0 Å². The summed E-state index contributed by atoms with van der Waals surface area (Å²) in [5, 5.41) is 0. The molecule has 0 aromatic carbocycles. The zero-order valence-electron chi connectivity index (χ0n) is 14.5. The summed E-state index contributed by atoms with van der Waals surface area (Å²) < 4.78 is 0. The summed E-state index contributed by atoms with van der Waals surface area (Å²) in [6.45, 7) is 9.76. The average molecular weight is 664 g/mol. The molecule has 0 rings (SSSR count). The second kappa shape index (κ2) is 17.2. The standard InChI is InChI=1S/C3H19P11.C3H15P7/c1-3(2,11(5)13(6)7)12(10-4)14(8)9;1-3(2,9(5)6)10(7)8-4/h10H,4-9H2,1-2H3;8H,4-7H2,1-2H3. The van der Waals surface area contributed by atoms with E-state index in [1.54, 1.807) is 0 Å². The molecule has 0 saturated heterocycles. The quantitative estimate of drug-likeness (QED) is 0.227. The highest BCUT2D eigenvalue weighted by Crippen LogP contribution is 3.02. The highest BCUT2D eigenvalue weighted by molar-refractivity contribution is 8.91. The molecule has 0 N–H and O–H groups in total. The highest BCUT2D eigenvalue weighted by Gasteiger charge is 2.37. The molecule has 0 nitrogen and oxygen atoms in total. The van der Waals surface area contributed by atoms with Gasteiger partial charge in [-0.2, -0.15) is 0 Å². The molecule has 0 bridgehead atoms. The molecular formula is C6H34P18. The molecule has 0 amide bonds. The maximum atomic E-state index is 3.12. The molecule has 24 heavy (non-hydrogen) atoms. The van der Waals surface area contributed by atoms with Gasteiger partial charge in [0.2, 0.25) is 0 Å². The molecule has 15 atom stereocenters. The van der Waals surface area contributed by atoms with Gasteiger partial charge in [0.05, 0.1) is 0 Å². The summed E-state index contributed by atoms with van der Waals surface area (Å²) in [6, 6.07) is 0. The maximum Gasteiger partial charge on any atom is 0.0212 e. The van der Waals surface area contributed by atoms with E-state index >= 15 is 0 Å². The fraction of sp³-hybridized carbons (Fsp3) is 1.00. The van der Waals surface area contributed by atoms with Gasteiger partial charge in [-0.25, -0.2) is 0 Å². The first-order valence-electron chi connectivity index (χ1n) is 6.38. The third-order valence-electron chi connectivity index (χ3n) is 3.04. The first-order chi connectivity index (χ1) is 10.7. The lowest BCUT2D eigenvalue weighted by Gasteiger charge is -2.42. The van der Waals surface area contributed by atoms with Crippen molar-refractivity contribution >= 4 is 148 Å². The van der Waals surface area contributed by atoms with Crippen LogP contribution in [0.25, 0.3) is 0 Å². The van der Waals surface area contributed by atoms with Gasteiger partial charge in [-0.3, -0.25) is 0 Å². The Bertz CT molecular complexity index is 325. The fourth-order valence-corrected chi connectivity index (χ4v) is 66.6. The van der Waals surface area contributed by atoms with E-state index in [4.69, 9.17) is 0 Å². The molecule has 0 aliphatic rings. The maximum absolute atomic E-state index is 3.12. The minimum Gasteiger partial charge on any atom is -0.110 e. The molecule has 0 saturated carbocycles. The minimum atomic E-state index is 0.0460. The normalized spacial score (nSPS) is 17.9. The molecule has 18 heteroatoms. The van der Waals surface area contributed by atoms with E-state index in [9.17, 15) is 0 Å². The van der Waals surface area contributed by atoms with Gasteiger partial charge in [0.25, 0.3) is 0 Å². The second-order valence-corrected chi connectivity index (χ2v) is 57.4. The number of hydrogen-bond acceptors (Lipinski definition) is 0. The van der Waals surface area contributed by atoms with Gasteiger partial charge < -0.3 is 0 Å². The Hall–Kier alpha value is 7.74. The third-order valence-corrected chi connectivity index (χ3v) is 68.9. The van der Waals surface area contributed by atoms with Crippen LogP contribution in [-0.4, -0.2) is 9.79 Å². The van der Waals surface area contributed by atoms with Gasteiger partial charge in [0.15, 0.2) is 0 Å². The molecular weight excluding hydrogens is 630 g/mol. The second-order valence-electron chi connectivity index (χ2n) is 5.44. The van der Waals surface area contributed by atoms with Crippen molar-refractivity contribution in [1.82, 2.24) is 0 Å². The molecule has 15 unspecified atom stereocenters. The van der Waals surface area contributed by atoms with Crippen LogP contribution in [0.3, 0.4) is 0 Å². The Morgan fingerprint density at radius 2 is 1.04 bits per heavy atom. The van der Waals surface area contributed by atoms with Crippen molar-refractivity contribution in [3.8, 4) is 0 Å². The topological polar surface area (TPSA) is 0 Å². The lowest BCUT2D eigenvalue weighted by atomic mass is 10.5. The Labute approximate surface area is 184 Å². The first-order valence-corrected chi connectivity index (χ1v) is 36.1. The molecule has 0 fully saturated rings.